The number of benzene rings is 2. The number of hydrogen-bond acceptors (Lipinski definition) is 4. The third-order valence-electron chi connectivity index (χ3n) is 5.44. The van der Waals surface area contributed by atoms with E-state index in [-0.39, 0.29) is 5.91 Å². The second-order valence-electron chi connectivity index (χ2n) is 8.09. The first-order valence-corrected chi connectivity index (χ1v) is 11.4. The number of aromatic nitrogens is 1. The Bertz CT molecular complexity index is 1030. The molecule has 4 rings (SSSR count). The van der Waals surface area contributed by atoms with Gasteiger partial charge in [-0.1, -0.05) is 38.1 Å². The van der Waals surface area contributed by atoms with Crippen LogP contribution in [-0.2, 0) is 0 Å². The maximum Gasteiger partial charge on any atom is 0.254 e. The van der Waals surface area contributed by atoms with Crippen molar-refractivity contribution in [3.63, 3.8) is 0 Å². The maximum atomic E-state index is 13.5. The van der Waals surface area contributed by atoms with Crippen molar-refractivity contribution in [1.82, 2.24) is 9.88 Å². The van der Waals surface area contributed by atoms with Crippen molar-refractivity contribution in [1.29, 1.82) is 0 Å². The molecule has 0 aliphatic carbocycles. The molecule has 150 valence electrons. The zero-order valence-electron chi connectivity index (χ0n) is 17.2. The minimum absolute atomic E-state index is 0.0999. The molecule has 2 aromatic carbocycles. The van der Waals surface area contributed by atoms with E-state index in [0.717, 1.165) is 35.2 Å². The number of para-hydroxylation sites is 1. The second kappa shape index (κ2) is 8.46. The van der Waals surface area contributed by atoms with Gasteiger partial charge in [0.2, 0.25) is 0 Å². The van der Waals surface area contributed by atoms with Crippen molar-refractivity contribution in [3.8, 4) is 0 Å². The fourth-order valence-electron chi connectivity index (χ4n) is 4.26. The number of piperidine rings is 1. The van der Waals surface area contributed by atoms with Gasteiger partial charge in [0.25, 0.3) is 5.91 Å². The summed E-state index contributed by atoms with van der Waals surface area (Å²) in [5.74, 6) is 1.86. The molecule has 0 bridgehead atoms. The van der Waals surface area contributed by atoms with Gasteiger partial charge in [-0.3, -0.25) is 4.79 Å². The average Bonchev–Trinajstić information content (AvgIpc) is 2.72. The molecule has 4 nitrogen and oxygen atoms in total. The molecule has 2 atom stereocenters. The van der Waals surface area contributed by atoms with E-state index in [9.17, 15) is 4.79 Å². The lowest BCUT2D eigenvalue weighted by Crippen LogP contribution is -2.42. The van der Waals surface area contributed by atoms with Crippen LogP contribution in [-0.4, -0.2) is 35.1 Å². The number of carbonyl (C=O) groups excluding carboxylic acids is 1. The van der Waals surface area contributed by atoms with Gasteiger partial charge in [0.05, 0.1) is 11.1 Å². The Hall–Kier alpha value is -2.53. The quantitative estimate of drug-likeness (QED) is 0.556. The van der Waals surface area contributed by atoms with E-state index in [1.54, 1.807) is 11.8 Å². The summed E-state index contributed by atoms with van der Waals surface area (Å²) in [4.78, 5) is 21.4. The summed E-state index contributed by atoms with van der Waals surface area (Å²) in [5, 5.41) is 4.30. The highest BCUT2D eigenvalue weighted by Gasteiger charge is 2.27. The van der Waals surface area contributed by atoms with E-state index in [2.05, 4.69) is 37.6 Å². The zero-order valence-corrected chi connectivity index (χ0v) is 18.0. The van der Waals surface area contributed by atoms with Gasteiger partial charge in [0, 0.05) is 29.1 Å². The van der Waals surface area contributed by atoms with E-state index >= 15 is 0 Å². The van der Waals surface area contributed by atoms with E-state index in [1.807, 2.05) is 47.4 Å². The predicted molar refractivity (Wildman–Crippen MR) is 122 cm³/mol. The number of hydrogen-bond donors (Lipinski definition) is 1. The van der Waals surface area contributed by atoms with Gasteiger partial charge < -0.3 is 10.2 Å². The topological polar surface area (TPSA) is 45.2 Å². The maximum absolute atomic E-state index is 13.5. The number of fused-ring (bicyclic) bond motifs is 1. The molecule has 1 amide bonds. The van der Waals surface area contributed by atoms with Crippen LogP contribution < -0.4 is 5.32 Å². The molecule has 0 spiro atoms. The molecule has 1 fully saturated rings. The summed E-state index contributed by atoms with van der Waals surface area (Å²) < 4.78 is 0. The summed E-state index contributed by atoms with van der Waals surface area (Å²) in [7, 11) is 0. The zero-order chi connectivity index (χ0) is 20.4. The van der Waals surface area contributed by atoms with Crippen LogP contribution in [0.15, 0.2) is 59.5 Å². The lowest BCUT2D eigenvalue weighted by atomic mass is 9.91. The van der Waals surface area contributed by atoms with Crippen molar-refractivity contribution >= 4 is 40.1 Å². The minimum Gasteiger partial charge on any atom is -0.340 e. The number of amides is 1. The Morgan fingerprint density at radius 1 is 1.07 bits per heavy atom. The van der Waals surface area contributed by atoms with Crippen molar-refractivity contribution in [2.24, 2.45) is 11.8 Å². The van der Waals surface area contributed by atoms with Crippen LogP contribution in [0.4, 0.5) is 11.5 Å². The average molecular weight is 406 g/mol. The highest BCUT2D eigenvalue weighted by atomic mass is 32.2. The molecule has 1 N–H and O–H groups in total. The Kier molecular flexibility index (Phi) is 5.76. The molecule has 3 aromatic rings. The van der Waals surface area contributed by atoms with Crippen LogP contribution in [0.5, 0.6) is 0 Å². The number of anilines is 2. The van der Waals surface area contributed by atoms with Gasteiger partial charge in [-0.05, 0) is 54.8 Å². The van der Waals surface area contributed by atoms with E-state index in [0.29, 0.717) is 17.7 Å². The van der Waals surface area contributed by atoms with Gasteiger partial charge in [-0.2, -0.15) is 0 Å². The lowest BCUT2D eigenvalue weighted by molar-refractivity contribution is 0.0625. The number of nitrogens with one attached hydrogen (secondary N) is 1. The summed E-state index contributed by atoms with van der Waals surface area (Å²) in [6.45, 7) is 6.09. The molecular weight excluding hydrogens is 378 g/mol. The highest BCUT2D eigenvalue weighted by molar-refractivity contribution is 7.98. The van der Waals surface area contributed by atoms with Crippen LogP contribution in [0.2, 0.25) is 0 Å². The van der Waals surface area contributed by atoms with Crippen molar-refractivity contribution in [2.75, 3.05) is 24.7 Å². The van der Waals surface area contributed by atoms with E-state index in [4.69, 9.17) is 4.98 Å². The normalized spacial score (nSPS) is 19.3. The van der Waals surface area contributed by atoms with Crippen LogP contribution in [0.3, 0.4) is 0 Å². The molecule has 1 aliphatic heterocycles. The highest BCUT2D eigenvalue weighted by Crippen LogP contribution is 2.28. The SMILES string of the molecule is CSc1cccc(Nc2cc(C(=O)N3C[C@H](C)C[C@H](C)C3)c3ccccc3n2)c1. The van der Waals surface area contributed by atoms with E-state index in [1.165, 1.54) is 11.3 Å². The second-order valence-corrected chi connectivity index (χ2v) is 8.96. The largest absolute Gasteiger partial charge is 0.340 e. The summed E-state index contributed by atoms with van der Waals surface area (Å²) in [6.07, 6.45) is 3.24. The minimum atomic E-state index is 0.0999. The third kappa shape index (κ3) is 4.40. The summed E-state index contributed by atoms with van der Waals surface area (Å²) >= 11 is 1.70. The van der Waals surface area contributed by atoms with Crippen LogP contribution in [0.1, 0.15) is 30.6 Å². The van der Waals surface area contributed by atoms with Crippen molar-refractivity contribution in [3.05, 3.63) is 60.2 Å². The Labute approximate surface area is 176 Å². The van der Waals surface area contributed by atoms with Gasteiger partial charge in [-0.15, -0.1) is 11.8 Å². The van der Waals surface area contributed by atoms with Crippen LogP contribution in [0.25, 0.3) is 10.9 Å². The number of carbonyl (C=O) groups is 1. The van der Waals surface area contributed by atoms with Crippen LogP contribution in [0, 0.1) is 11.8 Å². The first kappa shape index (κ1) is 19.8. The first-order chi connectivity index (χ1) is 14.0. The number of rotatable bonds is 4. The first-order valence-electron chi connectivity index (χ1n) is 10.1. The Morgan fingerprint density at radius 2 is 1.83 bits per heavy atom. The van der Waals surface area contributed by atoms with Gasteiger partial charge in [0.1, 0.15) is 5.82 Å². The number of thioether (sulfide) groups is 1. The summed E-state index contributed by atoms with van der Waals surface area (Å²) in [6, 6.07) is 18.0. The molecule has 0 radical (unpaired) electrons. The molecule has 0 unspecified atom stereocenters. The van der Waals surface area contributed by atoms with Crippen molar-refractivity contribution in [2.45, 2.75) is 25.2 Å². The monoisotopic (exact) mass is 405 g/mol. The number of likely N-dealkylation sites (tertiary alicyclic amines) is 1. The molecule has 0 saturated carbocycles. The van der Waals surface area contributed by atoms with Gasteiger partial charge in [0.15, 0.2) is 0 Å². The lowest BCUT2D eigenvalue weighted by Gasteiger charge is -2.35. The molecule has 2 heterocycles. The standard InChI is InChI=1S/C24H27N3OS/c1-16-11-17(2)15-27(14-16)24(28)21-13-23(26-22-10-5-4-9-20(21)22)25-18-7-6-8-19(12-18)29-3/h4-10,12-13,16-17H,11,14-15H2,1-3H3,(H,25,26)/t16-,17+. The predicted octanol–water partition coefficient (Wildman–Crippen LogP) is 5.82. The Morgan fingerprint density at radius 3 is 2.59 bits per heavy atom. The molecular formula is C24H27N3OS. The third-order valence-corrected chi connectivity index (χ3v) is 6.17. The molecule has 5 heteroatoms. The molecule has 1 aliphatic rings. The molecule has 29 heavy (non-hydrogen) atoms. The fraction of sp³-hybridized carbons (Fsp3) is 0.333. The van der Waals surface area contributed by atoms with Crippen molar-refractivity contribution < 1.29 is 4.79 Å². The van der Waals surface area contributed by atoms with E-state index < -0.39 is 0 Å². The Balaban J connectivity index is 1.71. The molecule has 1 aromatic heterocycles. The number of pyridine rings is 1. The summed E-state index contributed by atoms with van der Waals surface area (Å²) in [5.41, 5.74) is 2.53. The van der Waals surface area contributed by atoms with Gasteiger partial charge in [-0.25, -0.2) is 4.98 Å². The van der Waals surface area contributed by atoms with Gasteiger partial charge >= 0.3 is 0 Å². The fourth-order valence-corrected chi connectivity index (χ4v) is 4.72. The number of nitrogens with zero attached hydrogens (tertiary/aromatic N) is 2. The molecule has 1 saturated heterocycles. The smallest absolute Gasteiger partial charge is 0.254 e. The van der Waals surface area contributed by atoms with Crippen LogP contribution >= 0.6 is 11.8 Å².